The molecule has 0 unspecified atom stereocenters. The van der Waals surface area contributed by atoms with Crippen LogP contribution in [0.5, 0.6) is 17.2 Å². The van der Waals surface area contributed by atoms with Gasteiger partial charge in [0.1, 0.15) is 18.1 Å². The number of nitro groups is 1. The third-order valence-corrected chi connectivity index (χ3v) is 3.95. The second-order valence-electron chi connectivity index (χ2n) is 6.07. The lowest BCUT2D eigenvalue weighted by Crippen LogP contribution is -2.19. The first-order chi connectivity index (χ1) is 14.0. The molecule has 1 amide bonds. The Labute approximate surface area is 166 Å². The minimum absolute atomic E-state index is 0.0314. The molecule has 8 heteroatoms. The van der Waals surface area contributed by atoms with Crippen molar-refractivity contribution in [2.24, 2.45) is 0 Å². The molecule has 0 saturated carbocycles. The maximum atomic E-state index is 11.4. The van der Waals surface area contributed by atoms with Crippen LogP contribution >= 0.6 is 0 Å². The highest BCUT2D eigenvalue weighted by Gasteiger charge is 2.17. The van der Waals surface area contributed by atoms with Gasteiger partial charge in [-0.25, -0.2) is 4.79 Å². The van der Waals surface area contributed by atoms with E-state index in [1.54, 1.807) is 24.3 Å². The summed E-state index contributed by atoms with van der Waals surface area (Å²) in [6, 6.07) is 20.5. The third kappa shape index (κ3) is 5.70. The topological polar surface area (TPSA) is 111 Å². The third-order valence-electron chi connectivity index (χ3n) is 3.95. The van der Waals surface area contributed by atoms with Crippen molar-refractivity contribution < 1.29 is 24.3 Å². The Morgan fingerprint density at radius 2 is 1.72 bits per heavy atom. The SMILES string of the molecule is O=C(O)NCc1cccc(Oc2cc(OCc3ccccc3)ccc2[N+](=O)[O-])c1. The summed E-state index contributed by atoms with van der Waals surface area (Å²) >= 11 is 0. The number of carboxylic acid groups (broad SMARTS) is 1. The summed E-state index contributed by atoms with van der Waals surface area (Å²) in [5.74, 6) is 0.806. The lowest BCUT2D eigenvalue weighted by Gasteiger charge is -2.11. The van der Waals surface area contributed by atoms with E-state index in [1.165, 1.54) is 18.2 Å². The number of benzene rings is 3. The highest BCUT2D eigenvalue weighted by atomic mass is 16.6. The summed E-state index contributed by atoms with van der Waals surface area (Å²) in [6.45, 7) is 0.406. The van der Waals surface area contributed by atoms with Crippen LogP contribution in [-0.4, -0.2) is 16.1 Å². The number of nitro benzene ring substituents is 1. The molecule has 3 aromatic rings. The zero-order chi connectivity index (χ0) is 20.6. The molecule has 3 aromatic carbocycles. The van der Waals surface area contributed by atoms with Crippen LogP contribution in [-0.2, 0) is 13.2 Å². The summed E-state index contributed by atoms with van der Waals surface area (Å²) in [4.78, 5) is 21.5. The first-order valence-electron chi connectivity index (χ1n) is 8.70. The molecule has 0 heterocycles. The number of nitrogens with zero attached hydrogens (tertiary/aromatic N) is 1. The number of hydrogen-bond acceptors (Lipinski definition) is 5. The summed E-state index contributed by atoms with van der Waals surface area (Å²) in [6.07, 6.45) is -1.14. The molecule has 3 rings (SSSR count). The van der Waals surface area contributed by atoms with Crippen molar-refractivity contribution in [3.63, 3.8) is 0 Å². The molecule has 0 aromatic heterocycles. The standard InChI is InChI=1S/C21H18N2O6/c24-21(25)22-13-16-7-4-8-18(11-16)29-20-12-17(9-10-19(20)23(26)27)28-14-15-5-2-1-3-6-15/h1-12,22H,13-14H2,(H,24,25). The maximum absolute atomic E-state index is 11.4. The van der Waals surface area contributed by atoms with E-state index in [9.17, 15) is 14.9 Å². The van der Waals surface area contributed by atoms with E-state index in [0.717, 1.165) is 5.56 Å². The maximum Gasteiger partial charge on any atom is 0.404 e. The van der Waals surface area contributed by atoms with E-state index in [4.69, 9.17) is 14.6 Å². The highest BCUT2D eigenvalue weighted by molar-refractivity contribution is 5.64. The van der Waals surface area contributed by atoms with Gasteiger partial charge in [-0.15, -0.1) is 0 Å². The first-order valence-corrected chi connectivity index (χ1v) is 8.70. The number of carbonyl (C=O) groups is 1. The van der Waals surface area contributed by atoms with Gasteiger partial charge in [0.2, 0.25) is 5.75 Å². The summed E-state index contributed by atoms with van der Waals surface area (Å²) in [5.41, 5.74) is 1.42. The summed E-state index contributed by atoms with van der Waals surface area (Å²) in [5, 5.41) is 22.3. The average molecular weight is 394 g/mol. The molecule has 0 saturated heterocycles. The van der Waals surface area contributed by atoms with Gasteiger partial charge < -0.3 is 19.9 Å². The van der Waals surface area contributed by atoms with Crippen molar-refractivity contribution in [2.45, 2.75) is 13.2 Å². The smallest absolute Gasteiger partial charge is 0.404 e. The minimum atomic E-state index is -1.14. The van der Waals surface area contributed by atoms with Gasteiger partial charge in [0, 0.05) is 18.7 Å². The van der Waals surface area contributed by atoms with Gasteiger partial charge >= 0.3 is 11.8 Å². The summed E-state index contributed by atoms with van der Waals surface area (Å²) < 4.78 is 11.4. The average Bonchev–Trinajstić information content (AvgIpc) is 2.72. The number of ether oxygens (including phenoxy) is 2. The number of nitrogens with one attached hydrogen (secondary N) is 1. The van der Waals surface area contributed by atoms with E-state index < -0.39 is 11.0 Å². The fourth-order valence-corrected chi connectivity index (χ4v) is 2.58. The number of rotatable bonds is 8. The highest BCUT2D eigenvalue weighted by Crippen LogP contribution is 2.35. The molecule has 0 fully saturated rings. The van der Waals surface area contributed by atoms with Gasteiger partial charge in [-0.1, -0.05) is 42.5 Å². The van der Waals surface area contributed by atoms with Crippen LogP contribution < -0.4 is 14.8 Å². The Hall–Kier alpha value is -4.07. The van der Waals surface area contributed by atoms with Crippen molar-refractivity contribution in [1.29, 1.82) is 0 Å². The van der Waals surface area contributed by atoms with E-state index in [1.807, 2.05) is 30.3 Å². The van der Waals surface area contributed by atoms with Gasteiger partial charge in [-0.05, 0) is 29.3 Å². The van der Waals surface area contributed by atoms with Gasteiger partial charge in [-0.2, -0.15) is 0 Å². The van der Waals surface area contributed by atoms with Gasteiger partial charge in [-0.3, -0.25) is 10.1 Å². The molecule has 148 valence electrons. The van der Waals surface area contributed by atoms with Crippen LogP contribution in [0.2, 0.25) is 0 Å². The summed E-state index contributed by atoms with van der Waals surface area (Å²) in [7, 11) is 0. The molecule has 2 N–H and O–H groups in total. The Bertz CT molecular complexity index is 1010. The van der Waals surface area contributed by atoms with Gasteiger partial charge in [0.15, 0.2) is 0 Å². The largest absolute Gasteiger partial charge is 0.489 e. The molecule has 0 bridgehead atoms. The molecule has 0 aliphatic rings. The molecule has 8 nitrogen and oxygen atoms in total. The lowest BCUT2D eigenvalue weighted by atomic mass is 10.2. The monoisotopic (exact) mass is 394 g/mol. The Balaban J connectivity index is 1.78. The van der Waals surface area contributed by atoms with Crippen LogP contribution in [0.1, 0.15) is 11.1 Å². The predicted molar refractivity (Wildman–Crippen MR) is 105 cm³/mol. The predicted octanol–water partition coefficient (Wildman–Crippen LogP) is 4.73. The van der Waals surface area contributed by atoms with E-state index in [2.05, 4.69) is 5.32 Å². The normalized spacial score (nSPS) is 10.2. The quantitative estimate of drug-likeness (QED) is 0.422. The van der Waals surface area contributed by atoms with E-state index >= 15 is 0 Å². The second-order valence-corrected chi connectivity index (χ2v) is 6.07. The molecular weight excluding hydrogens is 376 g/mol. The zero-order valence-corrected chi connectivity index (χ0v) is 15.3. The van der Waals surface area contributed by atoms with Crippen molar-refractivity contribution in [1.82, 2.24) is 5.32 Å². The van der Waals surface area contributed by atoms with Crippen LogP contribution in [0.25, 0.3) is 0 Å². The van der Waals surface area contributed by atoms with E-state index in [0.29, 0.717) is 23.7 Å². The molecule has 0 atom stereocenters. The first kappa shape index (κ1) is 19.7. The van der Waals surface area contributed by atoms with Crippen molar-refractivity contribution in [3.8, 4) is 17.2 Å². The molecule has 29 heavy (non-hydrogen) atoms. The number of hydrogen-bond donors (Lipinski definition) is 2. The molecule has 0 aliphatic carbocycles. The van der Waals surface area contributed by atoms with Crippen molar-refractivity contribution in [2.75, 3.05) is 0 Å². The van der Waals surface area contributed by atoms with Crippen molar-refractivity contribution >= 4 is 11.8 Å². The Morgan fingerprint density at radius 3 is 2.45 bits per heavy atom. The fourth-order valence-electron chi connectivity index (χ4n) is 2.58. The fraction of sp³-hybridized carbons (Fsp3) is 0.0952. The van der Waals surface area contributed by atoms with E-state index in [-0.39, 0.29) is 18.0 Å². The van der Waals surface area contributed by atoms with Crippen LogP contribution in [0, 0.1) is 10.1 Å². The Kier molecular flexibility index (Phi) is 6.26. The molecule has 0 radical (unpaired) electrons. The second kappa shape index (κ2) is 9.23. The molecule has 0 spiro atoms. The van der Waals surface area contributed by atoms with Crippen LogP contribution in [0.4, 0.5) is 10.5 Å². The van der Waals surface area contributed by atoms with Crippen LogP contribution in [0.3, 0.4) is 0 Å². The van der Waals surface area contributed by atoms with Crippen LogP contribution in [0.15, 0.2) is 72.8 Å². The van der Waals surface area contributed by atoms with Crippen molar-refractivity contribution in [3.05, 3.63) is 94.0 Å². The number of amides is 1. The zero-order valence-electron chi connectivity index (χ0n) is 15.3. The Morgan fingerprint density at radius 1 is 0.966 bits per heavy atom. The lowest BCUT2D eigenvalue weighted by molar-refractivity contribution is -0.385. The molecule has 0 aliphatic heterocycles. The minimum Gasteiger partial charge on any atom is -0.489 e. The van der Waals surface area contributed by atoms with Gasteiger partial charge in [0.05, 0.1) is 4.92 Å². The van der Waals surface area contributed by atoms with Gasteiger partial charge in [0.25, 0.3) is 0 Å². The molecular formula is C21H18N2O6.